The maximum absolute atomic E-state index is 6.03. The minimum absolute atomic E-state index is 0.437. The molecule has 2 rings (SSSR count). The number of nitrogens with two attached hydrogens (primary N) is 1. The summed E-state index contributed by atoms with van der Waals surface area (Å²) in [6, 6.07) is 2.31. The van der Waals surface area contributed by atoms with Gasteiger partial charge in [0, 0.05) is 16.3 Å². The highest BCUT2D eigenvalue weighted by Crippen LogP contribution is 2.37. The first-order valence-electron chi connectivity index (χ1n) is 7.62. The normalized spacial score (nSPS) is 18.7. The second kappa shape index (κ2) is 6.87. The molecule has 0 aromatic carbocycles. The van der Waals surface area contributed by atoms with Crippen molar-refractivity contribution in [3.05, 3.63) is 21.4 Å². The lowest BCUT2D eigenvalue weighted by molar-refractivity contribution is 0.181. The van der Waals surface area contributed by atoms with Crippen molar-refractivity contribution in [2.24, 2.45) is 11.1 Å². The van der Waals surface area contributed by atoms with E-state index in [9.17, 15) is 0 Å². The monoisotopic (exact) mass is 280 g/mol. The van der Waals surface area contributed by atoms with Crippen molar-refractivity contribution in [1.29, 1.82) is 0 Å². The maximum atomic E-state index is 6.03. The number of rotatable bonds is 6. The van der Waals surface area contributed by atoms with Crippen molar-refractivity contribution in [2.75, 3.05) is 13.1 Å². The van der Waals surface area contributed by atoms with Gasteiger partial charge in [0.15, 0.2) is 0 Å². The topological polar surface area (TPSA) is 38.0 Å². The van der Waals surface area contributed by atoms with E-state index in [0.29, 0.717) is 5.41 Å². The third-order valence-corrected chi connectivity index (χ3v) is 5.85. The Morgan fingerprint density at radius 1 is 1.26 bits per heavy atom. The second-order valence-corrected chi connectivity index (χ2v) is 7.48. The Morgan fingerprint density at radius 3 is 2.58 bits per heavy atom. The molecule has 1 aliphatic rings. The molecule has 108 valence electrons. The van der Waals surface area contributed by atoms with Crippen molar-refractivity contribution >= 4 is 11.3 Å². The van der Waals surface area contributed by atoms with Gasteiger partial charge in [-0.2, -0.15) is 0 Å². The number of hydrogen-bond donors (Lipinski definition) is 2. The third kappa shape index (κ3) is 4.04. The van der Waals surface area contributed by atoms with E-state index in [1.165, 1.54) is 53.8 Å². The van der Waals surface area contributed by atoms with E-state index in [0.717, 1.165) is 19.6 Å². The molecule has 0 aliphatic heterocycles. The van der Waals surface area contributed by atoms with E-state index in [2.05, 4.69) is 25.2 Å². The lowest BCUT2D eigenvalue weighted by Crippen LogP contribution is -2.35. The van der Waals surface area contributed by atoms with Gasteiger partial charge in [0.1, 0.15) is 0 Å². The molecule has 19 heavy (non-hydrogen) atoms. The first-order chi connectivity index (χ1) is 9.15. The maximum Gasteiger partial charge on any atom is 0.0299 e. The summed E-state index contributed by atoms with van der Waals surface area (Å²) in [5, 5.41) is 3.60. The van der Waals surface area contributed by atoms with Gasteiger partial charge in [-0.1, -0.05) is 19.3 Å². The van der Waals surface area contributed by atoms with Crippen LogP contribution >= 0.6 is 11.3 Å². The zero-order chi connectivity index (χ0) is 13.7. The molecule has 0 unspecified atom stereocenters. The Morgan fingerprint density at radius 2 is 2.00 bits per heavy atom. The van der Waals surface area contributed by atoms with Gasteiger partial charge < -0.3 is 11.1 Å². The molecule has 1 heterocycles. The van der Waals surface area contributed by atoms with Crippen LogP contribution in [0.25, 0.3) is 0 Å². The van der Waals surface area contributed by atoms with E-state index in [-0.39, 0.29) is 0 Å². The zero-order valence-corrected chi connectivity index (χ0v) is 13.2. The van der Waals surface area contributed by atoms with Crippen molar-refractivity contribution in [2.45, 2.75) is 58.9 Å². The van der Waals surface area contributed by atoms with Crippen molar-refractivity contribution in [1.82, 2.24) is 5.32 Å². The molecule has 3 N–H and O–H groups in total. The Balaban J connectivity index is 1.73. The Bertz CT molecular complexity index is 372. The van der Waals surface area contributed by atoms with Crippen LogP contribution in [0.2, 0.25) is 0 Å². The average Bonchev–Trinajstić information content (AvgIpc) is 2.75. The standard InChI is InChI=1S/C16H28N2S/c1-13-10-15(19-14(13)2)11-18-9-8-16(12-17)6-4-3-5-7-16/h10,18H,3-9,11-12,17H2,1-2H3. The third-order valence-electron chi connectivity index (χ3n) is 4.70. The van der Waals surface area contributed by atoms with Crippen LogP contribution in [0.5, 0.6) is 0 Å². The van der Waals surface area contributed by atoms with Gasteiger partial charge in [0.2, 0.25) is 0 Å². The second-order valence-electron chi connectivity index (χ2n) is 6.14. The first kappa shape index (κ1) is 15.0. The SMILES string of the molecule is Cc1cc(CNCCC2(CN)CCCCC2)sc1C. The van der Waals surface area contributed by atoms with E-state index in [1.54, 1.807) is 0 Å². The molecule has 1 aromatic heterocycles. The molecule has 0 spiro atoms. The number of nitrogens with one attached hydrogen (secondary N) is 1. The summed E-state index contributed by atoms with van der Waals surface area (Å²) < 4.78 is 0. The van der Waals surface area contributed by atoms with Gasteiger partial charge >= 0.3 is 0 Å². The Kier molecular flexibility index (Phi) is 5.43. The predicted molar refractivity (Wildman–Crippen MR) is 84.7 cm³/mol. The van der Waals surface area contributed by atoms with Gasteiger partial charge in [-0.25, -0.2) is 0 Å². The molecular weight excluding hydrogens is 252 g/mol. The van der Waals surface area contributed by atoms with E-state index in [1.807, 2.05) is 11.3 Å². The van der Waals surface area contributed by atoms with E-state index < -0.39 is 0 Å². The van der Waals surface area contributed by atoms with Crippen LogP contribution in [0, 0.1) is 19.3 Å². The first-order valence-corrected chi connectivity index (χ1v) is 8.44. The summed E-state index contributed by atoms with van der Waals surface area (Å²) in [5.41, 5.74) is 7.89. The summed E-state index contributed by atoms with van der Waals surface area (Å²) in [5.74, 6) is 0. The van der Waals surface area contributed by atoms with Crippen molar-refractivity contribution < 1.29 is 0 Å². The highest BCUT2D eigenvalue weighted by Gasteiger charge is 2.29. The minimum Gasteiger partial charge on any atom is -0.330 e. The highest BCUT2D eigenvalue weighted by atomic mass is 32.1. The fourth-order valence-corrected chi connectivity index (χ4v) is 4.18. The van der Waals surface area contributed by atoms with Crippen LogP contribution in [0.15, 0.2) is 6.07 Å². The predicted octanol–water partition coefficient (Wildman–Crippen LogP) is 3.75. The molecule has 1 saturated carbocycles. The fraction of sp³-hybridized carbons (Fsp3) is 0.750. The largest absolute Gasteiger partial charge is 0.330 e. The molecular formula is C16H28N2S. The van der Waals surface area contributed by atoms with E-state index >= 15 is 0 Å². The summed E-state index contributed by atoms with van der Waals surface area (Å²) >= 11 is 1.92. The van der Waals surface area contributed by atoms with Gasteiger partial charge in [0.05, 0.1) is 0 Å². The molecule has 1 aliphatic carbocycles. The summed E-state index contributed by atoms with van der Waals surface area (Å²) in [6.45, 7) is 7.38. The number of aryl methyl sites for hydroxylation is 2. The minimum atomic E-state index is 0.437. The Labute approximate surface area is 121 Å². The van der Waals surface area contributed by atoms with Gasteiger partial charge in [-0.15, -0.1) is 11.3 Å². The van der Waals surface area contributed by atoms with E-state index in [4.69, 9.17) is 5.73 Å². The lowest BCUT2D eigenvalue weighted by atomic mass is 9.72. The van der Waals surface area contributed by atoms with Crippen molar-refractivity contribution in [3.63, 3.8) is 0 Å². The average molecular weight is 280 g/mol. The molecule has 1 aromatic rings. The Hall–Kier alpha value is -0.380. The van der Waals surface area contributed by atoms with Gasteiger partial charge in [-0.05, 0) is 63.2 Å². The summed E-state index contributed by atoms with van der Waals surface area (Å²) in [7, 11) is 0. The van der Waals surface area contributed by atoms with Crippen LogP contribution < -0.4 is 11.1 Å². The lowest BCUT2D eigenvalue weighted by Gasteiger charge is -2.36. The molecule has 2 nitrogen and oxygen atoms in total. The van der Waals surface area contributed by atoms with Crippen molar-refractivity contribution in [3.8, 4) is 0 Å². The molecule has 0 bridgehead atoms. The van der Waals surface area contributed by atoms with Gasteiger partial charge in [-0.3, -0.25) is 0 Å². The van der Waals surface area contributed by atoms with Crippen LogP contribution in [-0.4, -0.2) is 13.1 Å². The summed E-state index contributed by atoms with van der Waals surface area (Å²) in [4.78, 5) is 2.91. The smallest absolute Gasteiger partial charge is 0.0299 e. The molecule has 0 atom stereocenters. The fourth-order valence-electron chi connectivity index (χ4n) is 3.16. The molecule has 1 fully saturated rings. The molecule has 3 heteroatoms. The van der Waals surface area contributed by atoms with Crippen LogP contribution in [0.4, 0.5) is 0 Å². The van der Waals surface area contributed by atoms with Crippen LogP contribution in [0.1, 0.15) is 53.8 Å². The number of thiophene rings is 1. The molecule has 0 radical (unpaired) electrons. The highest BCUT2D eigenvalue weighted by molar-refractivity contribution is 7.12. The van der Waals surface area contributed by atoms with Crippen LogP contribution in [-0.2, 0) is 6.54 Å². The molecule has 0 amide bonds. The summed E-state index contributed by atoms with van der Waals surface area (Å²) in [6.07, 6.45) is 8.07. The number of hydrogen-bond acceptors (Lipinski definition) is 3. The van der Waals surface area contributed by atoms with Crippen LogP contribution in [0.3, 0.4) is 0 Å². The zero-order valence-electron chi connectivity index (χ0n) is 12.4. The molecule has 0 saturated heterocycles. The quantitative estimate of drug-likeness (QED) is 0.779. The van der Waals surface area contributed by atoms with Gasteiger partial charge in [0.25, 0.3) is 0 Å².